The fourth-order valence-corrected chi connectivity index (χ4v) is 4.68. The molecule has 0 N–H and O–H groups in total. The average molecular weight is 438 g/mol. The summed E-state index contributed by atoms with van der Waals surface area (Å²) in [6.45, 7) is 0. The molecule has 1 fully saturated rings. The van der Waals surface area contributed by atoms with Crippen LogP contribution >= 0.6 is 0 Å². The van der Waals surface area contributed by atoms with Gasteiger partial charge in [0.1, 0.15) is 11.6 Å². The average Bonchev–Trinajstić information content (AvgIpc) is 2.89. The van der Waals surface area contributed by atoms with E-state index in [9.17, 15) is 4.79 Å². The summed E-state index contributed by atoms with van der Waals surface area (Å²) in [5, 5.41) is 0.858. The molecule has 0 spiro atoms. The number of aromatic nitrogens is 2. The molecule has 5 heteroatoms. The fourth-order valence-electron chi connectivity index (χ4n) is 4.68. The van der Waals surface area contributed by atoms with Gasteiger partial charge in [-0.25, -0.2) is 9.97 Å². The summed E-state index contributed by atoms with van der Waals surface area (Å²) in [5.74, 6) is 1.48. The summed E-state index contributed by atoms with van der Waals surface area (Å²) in [4.78, 5) is 25.5. The largest absolute Gasteiger partial charge is 0.497 e. The number of hydrogen-bond acceptors (Lipinski definition) is 4. The first-order chi connectivity index (χ1) is 16.2. The van der Waals surface area contributed by atoms with Gasteiger partial charge < -0.3 is 4.74 Å². The predicted octanol–water partition coefficient (Wildman–Crippen LogP) is 6.28. The lowest BCUT2D eigenvalue weighted by Crippen LogP contribution is -2.42. The number of pyridine rings is 2. The van der Waals surface area contributed by atoms with Crippen molar-refractivity contribution in [2.45, 2.75) is 38.1 Å². The van der Waals surface area contributed by atoms with E-state index in [4.69, 9.17) is 9.72 Å². The lowest BCUT2D eigenvalue weighted by Gasteiger charge is -2.34. The van der Waals surface area contributed by atoms with Crippen LogP contribution in [0.1, 0.15) is 42.5 Å². The highest BCUT2D eigenvalue weighted by molar-refractivity contribution is 6.14. The molecule has 2 aromatic carbocycles. The van der Waals surface area contributed by atoms with Crippen molar-refractivity contribution in [3.8, 4) is 17.0 Å². The van der Waals surface area contributed by atoms with Crippen molar-refractivity contribution in [3.63, 3.8) is 0 Å². The van der Waals surface area contributed by atoms with Gasteiger partial charge in [-0.15, -0.1) is 0 Å². The maximum absolute atomic E-state index is 14.2. The van der Waals surface area contributed by atoms with Crippen molar-refractivity contribution in [2.24, 2.45) is 0 Å². The first-order valence-electron chi connectivity index (χ1n) is 11.5. The highest BCUT2D eigenvalue weighted by Crippen LogP contribution is 2.31. The molecule has 1 aliphatic rings. The Morgan fingerprint density at radius 1 is 0.939 bits per heavy atom. The molecule has 0 unspecified atom stereocenters. The predicted molar refractivity (Wildman–Crippen MR) is 132 cm³/mol. The molecule has 0 aliphatic heterocycles. The molecule has 1 saturated carbocycles. The van der Waals surface area contributed by atoms with E-state index >= 15 is 0 Å². The molecule has 0 bridgehead atoms. The zero-order valence-electron chi connectivity index (χ0n) is 18.8. The van der Waals surface area contributed by atoms with E-state index in [0.29, 0.717) is 11.4 Å². The molecule has 0 atom stereocenters. The zero-order valence-corrected chi connectivity index (χ0v) is 18.8. The highest BCUT2D eigenvalue weighted by atomic mass is 16.5. The van der Waals surface area contributed by atoms with Crippen LogP contribution in [0.4, 0.5) is 5.82 Å². The number of anilines is 1. The van der Waals surface area contributed by atoms with Gasteiger partial charge in [0.25, 0.3) is 5.91 Å². The van der Waals surface area contributed by atoms with Crippen LogP contribution in [0.15, 0.2) is 79.0 Å². The van der Waals surface area contributed by atoms with E-state index in [0.717, 1.165) is 53.6 Å². The third kappa shape index (κ3) is 4.31. The van der Waals surface area contributed by atoms with Crippen LogP contribution in [0.25, 0.3) is 22.2 Å². The Bertz CT molecular complexity index is 1250. The van der Waals surface area contributed by atoms with Gasteiger partial charge >= 0.3 is 0 Å². The summed E-state index contributed by atoms with van der Waals surface area (Å²) in [6, 6.07) is 23.5. The maximum atomic E-state index is 14.2. The van der Waals surface area contributed by atoms with Gasteiger partial charge in [0.05, 0.1) is 23.9 Å². The molecule has 2 aromatic heterocycles. The Morgan fingerprint density at radius 3 is 2.42 bits per heavy atom. The standard InChI is InChI=1S/C28H27N3O2/c1-33-22-16-14-20(15-17-22)26-19-24(23-11-5-6-12-25(23)30-26)28(32)31(21-9-3-2-4-10-21)27-13-7-8-18-29-27/h5-8,11-19,21H,2-4,9-10H2,1H3. The van der Waals surface area contributed by atoms with E-state index < -0.39 is 0 Å². The molecule has 5 rings (SSSR count). The molecule has 5 nitrogen and oxygen atoms in total. The third-order valence-electron chi connectivity index (χ3n) is 6.39. The number of para-hydroxylation sites is 1. The minimum atomic E-state index is -0.0195. The summed E-state index contributed by atoms with van der Waals surface area (Å²) in [7, 11) is 1.65. The van der Waals surface area contributed by atoms with Crippen LogP contribution in [0.2, 0.25) is 0 Å². The van der Waals surface area contributed by atoms with Crippen LogP contribution in [-0.4, -0.2) is 29.0 Å². The van der Waals surface area contributed by atoms with Gasteiger partial charge in [-0.2, -0.15) is 0 Å². The Kier molecular flexibility index (Phi) is 6.03. The summed E-state index contributed by atoms with van der Waals surface area (Å²) >= 11 is 0. The van der Waals surface area contributed by atoms with Crippen molar-refractivity contribution in [3.05, 3.63) is 84.6 Å². The van der Waals surface area contributed by atoms with Crippen LogP contribution in [0.3, 0.4) is 0 Å². The molecule has 2 heterocycles. The Labute approximate surface area is 194 Å². The number of carbonyl (C=O) groups excluding carboxylic acids is 1. The van der Waals surface area contributed by atoms with Crippen LogP contribution < -0.4 is 9.64 Å². The van der Waals surface area contributed by atoms with Crippen molar-refractivity contribution in [1.29, 1.82) is 0 Å². The van der Waals surface area contributed by atoms with E-state index in [1.807, 2.05) is 77.7 Å². The number of methoxy groups -OCH3 is 1. The summed E-state index contributed by atoms with van der Waals surface area (Å²) < 4.78 is 5.30. The number of hydrogen-bond donors (Lipinski definition) is 0. The number of benzene rings is 2. The second kappa shape index (κ2) is 9.41. The van der Waals surface area contributed by atoms with Crippen molar-refractivity contribution in [2.75, 3.05) is 12.0 Å². The Balaban J connectivity index is 1.64. The molecule has 0 saturated heterocycles. The monoisotopic (exact) mass is 437 g/mol. The summed E-state index contributed by atoms with van der Waals surface area (Å²) in [5.41, 5.74) is 3.17. The number of rotatable bonds is 5. The summed E-state index contributed by atoms with van der Waals surface area (Å²) in [6.07, 6.45) is 7.24. The van der Waals surface area contributed by atoms with Gasteiger partial charge in [0.15, 0.2) is 0 Å². The van der Waals surface area contributed by atoms with E-state index in [2.05, 4.69) is 4.98 Å². The number of fused-ring (bicyclic) bond motifs is 1. The van der Waals surface area contributed by atoms with Crippen molar-refractivity contribution < 1.29 is 9.53 Å². The first-order valence-corrected chi connectivity index (χ1v) is 11.5. The lowest BCUT2D eigenvalue weighted by atomic mass is 9.93. The van der Waals surface area contributed by atoms with Gasteiger partial charge in [-0.1, -0.05) is 43.5 Å². The normalized spacial score (nSPS) is 14.2. The smallest absolute Gasteiger partial charge is 0.260 e. The molecule has 1 amide bonds. The SMILES string of the molecule is COc1ccc(-c2cc(C(=O)N(c3ccccn3)C3CCCCC3)c3ccccc3n2)cc1. The first kappa shape index (κ1) is 21.1. The molecule has 33 heavy (non-hydrogen) atoms. The van der Waals surface area contributed by atoms with Crippen LogP contribution in [0.5, 0.6) is 5.75 Å². The van der Waals surface area contributed by atoms with Gasteiger partial charge in [-0.3, -0.25) is 9.69 Å². The number of carbonyl (C=O) groups is 1. The van der Waals surface area contributed by atoms with E-state index in [1.165, 1.54) is 6.42 Å². The minimum Gasteiger partial charge on any atom is -0.497 e. The second-order valence-corrected chi connectivity index (χ2v) is 8.46. The molecule has 4 aromatic rings. The Morgan fingerprint density at radius 2 is 1.70 bits per heavy atom. The fraction of sp³-hybridized carbons (Fsp3) is 0.250. The van der Waals surface area contributed by atoms with Gasteiger partial charge in [0, 0.05) is 23.2 Å². The maximum Gasteiger partial charge on any atom is 0.260 e. The quantitative estimate of drug-likeness (QED) is 0.368. The molecule has 166 valence electrons. The van der Waals surface area contributed by atoms with Crippen molar-refractivity contribution in [1.82, 2.24) is 9.97 Å². The molecule has 1 aliphatic carbocycles. The van der Waals surface area contributed by atoms with Crippen molar-refractivity contribution >= 4 is 22.6 Å². The third-order valence-corrected chi connectivity index (χ3v) is 6.39. The van der Waals surface area contributed by atoms with Gasteiger partial charge in [0.2, 0.25) is 0 Å². The van der Waals surface area contributed by atoms with Crippen LogP contribution in [0, 0.1) is 0 Å². The van der Waals surface area contributed by atoms with E-state index in [1.54, 1.807) is 13.3 Å². The zero-order chi connectivity index (χ0) is 22.6. The lowest BCUT2D eigenvalue weighted by molar-refractivity contribution is 0.0971. The van der Waals surface area contributed by atoms with E-state index in [-0.39, 0.29) is 11.9 Å². The molecule has 0 radical (unpaired) electrons. The van der Waals surface area contributed by atoms with Crippen LogP contribution in [-0.2, 0) is 0 Å². The number of ether oxygens (including phenoxy) is 1. The number of nitrogens with zero attached hydrogens (tertiary/aromatic N) is 3. The second-order valence-electron chi connectivity index (χ2n) is 8.46. The molecular formula is C28H27N3O2. The minimum absolute atomic E-state index is 0.0195. The highest BCUT2D eigenvalue weighted by Gasteiger charge is 2.30. The molecular weight excluding hydrogens is 410 g/mol. The van der Waals surface area contributed by atoms with Gasteiger partial charge in [-0.05, 0) is 61.4 Å². The Hall–Kier alpha value is -3.73. The topological polar surface area (TPSA) is 55.3 Å². The number of amides is 1.